The molecule has 1 N–H and O–H groups in total. The summed E-state index contributed by atoms with van der Waals surface area (Å²) in [5.41, 5.74) is 0. The molecule has 3 nitrogen and oxygen atoms in total. The number of carbonyl (C=O) groups is 1. The molecule has 15 heavy (non-hydrogen) atoms. The van der Waals surface area contributed by atoms with E-state index in [2.05, 4.69) is 32.7 Å². The van der Waals surface area contributed by atoms with E-state index in [1.165, 1.54) is 0 Å². The molecule has 1 rings (SSSR count). The van der Waals surface area contributed by atoms with Crippen LogP contribution in [0.25, 0.3) is 0 Å². The molecule has 0 aromatic heterocycles. The van der Waals surface area contributed by atoms with E-state index in [1.54, 1.807) is 0 Å². The van der Waals surface area contributed by atoms with E-state index >= 15 is 0 Å². The highest BCUT2D eigenvalue weighted by Crippen LogP contribution is 2.32. The Bertz CT molecular complexity index is 228. The number of rotatable bonds is 3. The zero-order valence-electron chi connectivity index (χ0n) is 10.2. The Balaban J connectivity index is 2.76. The van der Waals surface area contributed by atoms with Crippen LogP contribution in [-0.4, -0.2) is 35.6 Å². The maximum atomic E-state index is 11.2. The average Bonchev–Trinajstić information content (AvgIpc) is 2.16. The van der Waals surface area contributed by atoms with Crippen molar-refractivity contribution in [3.63, 3.8) is 0 Å². The van der Waals surface area contributed by atoms with Gasteiger partial charge in [-0.05, 0) is 31.7 Å². The fraction of sp³-hybridized carbons (Fsp3) is 0.917. The SMILES string of the molecule is CCC1C(C(=O)O)CC(C(C)C)CN1C. The maximum absolute atomic E-state index is 11.2. The van der Waals surface area contributed by atoms with Gasteiger partial charge in [-0.3, -0.25) is 4.79 Å². The highest BCUT2D eigenvalue weighted by molar-refractivity contribution is 5.71. The van der Waals surface area contributed by atoms with Gasteiger partial charge >= 0.3 is 5.97 Å². The van der Waals surface area contributed by atoms with Crippen molar-refractivity contribution in [1.29, 1.82) is 0 Å². The summed E-state index contributed by atoms with van der Waals surface area (Å²) in [6, 6.07) is 0.220. The van der Waals surface area contributed by atoms with Crippen molar-refractivity contribution in [3.8, 4) is 0 Å². The summed E-state index contributed by atoms with van der Waals surface area (Å²) >= 11 is 0. The van der Waals surface area contributed by atoms with Crippen LogP contribution in [0.1, 0.15) is 33.6 Å². The van der Waals surface area contributed by atoms with E-state index in [4.69, 9.17) is 0 Å². The second kappa shape index (κ2) is 4.97. The molecule has 1 fully saturated rings. The van der Waals surface area contributed by atoms with Gasteiger partial charge in [-0.2, -0.15) is 0 Å². The number of carboxylic acids is 1. The molecule has 1 aliphatic heterocycles. The fourth-order valence-electron chi connectivity index (χ4n) is 2.71. The molecule has 0 radical (unpaired) electrons. The Morgan fingerprint density at radius 3 is 2.53 bits per heavy atom. The zero-order valence-corrected chi connectivity index (χ0v) is 10.2. The Labute approximate surface area is 92.5 Å². The van der Waals surface area contributed by atoms with Gasteiger partial charge in [0.15, 0.2) is 0 Å². The van der Waals surface area contributed by atoms with Crippen LogP contribution >= 0.6 is 0 Å². The van der Waals surface area contributed by atoms with Gasteiger partial charge in [-0.25, -0.2) is 0 Å². The maximum Gasteiger partial charge on any atom is 0.308 e. The first kappa shape index (κ1) is 12.5. The molecule has 1 aliphatic rings. The van der Waals surface area contributed by atoms with Gasteiger partial charge in [0.25, 0.3) is 0 Å². The van der Waals surface area contributed by atoms with Crippen LogP contribution < -0.4 is 0 Å². The number of carboxylic acid groups (broad SMARTS) is 1. The molecule has 3 heteroatoms. The molecule has 0 amide bonds. The Morgan fingerprint density at radius 2 is 2.13 bits per heavy atom. The van der Waals surface area contributed by atoms with Gasteiger partial charge < -0.3 is 10.0 Å². The quantitative estimate of drug-likeness (QED) is 0.780. The van der Waals surface area contributed by atoms with E-state index in [1.807, 2.05) is 0 Å². The first-order chi connectivity index (χ1) is 6.97. The molecule has 3 atom stereocenters. The first-order valence-electron chi connectivity index (χ1n) is 5.90. The van der Waals surface area contributed by atoms with Crippen molar-refractivity contribution < 1.29 is 9.90 Å². The average molecular weight is 213 g/mol. The third-order valence-corrected chi connectivity index (χ3v) is 3.79. The summed E-state index contributed by atoms with van der Waals surface area (Å²) in [5.74, 6) is 0.297. The van der Waals surface area contributed by atoms with E-state index in [0.717, 1.165) is 19.4 Å². The normalized spacial score (nSPS) is 33.3. The third kappa shape index (κ3) is 2.71. The van der Waals surface area contributed by atoms with Crippen molar-refractivity contribution in [2.24, 2.45) is 17.8 Å². The Morgan fingerprint density at radius 1 is 1.53 bits per heavy atom. The van der Waals surface area contributed by atoms with Gasteiger partial charge in [0.2, 0.25) is 0 Å². The molecule has 0 aliphatic carbocycles. The second-order valence-corrected chi connectivity index (χ2v) is 5.10. The number of aliphatic carboxylic acids is 1. The van der Waals surface area contributed by atoms with E-state index in [-0.39, 0.29) is 12.0 Å². The van der Waals surface area contributed by atoms with E-state index in [9.17, 15) is 9.90 Å². The summed E-state index contributed by atoms with van der Waals surface area (Å²) in [6.45, 7) is 7.49. The molecule has 0 aromatic rings. The lowest BCUT2D eigenvalue weighted by Gasteiger charge is -2.42. The van der Waals surface area contributed by atoms with Gasteiger partial charge in [-0.15, -0.1) is 0 Å². The second-order valence-electron chi connectivity index (χ2n) is 5.10. The van der Waals surface area contributed by atoms with Crippen molar-refractivity contribution in [3.05, 3.63) is 0 Å². The van der Waals surface area contributed by atoms with E-state index in [0.29, 0.717) is 11.8 Å². The molecule has 0 aromatic carbocycles. The lowest BCUT2D eigenvalue weighted by Crippen LogP contribution is -2.50. The Hall–Kier alpha value is -0.570. The van der Waals surface area contributed by atoms with Gasteiger partial charge in [0.1, 0.15) is 0 Å². The highest BCUT2D eigenvalue weighted by Gasteiger charge is 2.38. The van der Waals surface area contributed by atoms with Crippen LogP contribution in [0.5, 0.6) is 0 Å². The number of nitrogens with zero attached hydrogens (tertiary/aromatic N) is 1. The van der Waals surface area contributed by atoms with Crippen LogP contribution in [0.15, 0.2) is 0 Å². The fourth-order valence-corrected chi connectivity index (χ4v) is 2.71. The van der Waals surface area contributed by atoms with Crippen LogP contribution in [0.2, 0.25) is 0 Å². The molecule has 1 heterocycles. The van der Waals surface area contributed by atoms with Crippen molar-refractivity contribution in [2.75, 3.05) is 13.6 Å². The van der Waals surface area contributed by atoms with Crippen LogP contribution in [0.4, 0.5) is 0 Å². The monoisotopic (exact) mass is 213 g/mol. The minimum atomic E-state index is -0.626. The molecule has 0 bridgehead atoms. The van der Waals surface area contributed by atoms with Gasteiger partial charge in [0, 0.05) is 12.6 Å². The highest BCUT2D eigenvalue weighted by atomic mass is 16.4. The minimum absolute atomic E-state index is 0.179. The van der Waals surface area contributed by atoms with Crippen molar-refractivity contribution in [2.45, 2.75) is 39.7 Å². The number of hydrogen-bond acceptors (Lipinski definition) is 2. The summed E-state index contributed by atoms with van der Waals surface area (Å²) in [6.07, 6.45) is 1.77. The predicted octanol–water partition coefficient (Wildman–Crippen LogP) is 2.07. The molecule has 0 spiro atoms. The number of piperidine rings is 1. The van der Waals surface area contributed by atoms with Gasteiger partial charge in [0.05, 0.1) is 5.92 Å². The van der Waals surface area contributed by atoms with Crippen LogP contribution in [0, 0.1) is 17.8 Å². The smallest absolute Gasteiger partial charge is 0.308 e. The lowest BCUT2D eigenvalue weighted by atomic mass is 9.78. The summed E-state index contributed by atoms with van der Waals surface area (Å²) in [5, 5.41) is 9.23. The molecular weight excluding hydrogens is 190 g/mol. The predicted molar refractivity (Wildman–Crippen MR) is 60.8 cm³/mol. The number of likely N-dealkylation sites (tertiary alicyclic amines) is 1. The molecule has 3 unspecified atom stereocenters. The third-order valence-electron chi connectivity index (χ3n) is 3.79. The number of hydrogen-bond donors (Lipinski definition) is 1. The summed E-state index contributed by atoms with van der Waals surface area (Å²) in [7, 11) is 2.05. The molecule has 1 saturated heterocycles. The van der Waals surface area contributed by atoms with Gasteiger partial charge in [-0.1, -0.05) is 20.8 Å². The van der Waals surface area contributed by atoms with Crippen LogP contribution in [-0.2, 0) is 4.79 Å². The van der Waals surface area contributed by atoms with Crippen LogP contribution in [0.3, 0.4) is 0 Å². The van der Waals surface area contributed by atoms with Crippen molar-refractivity contribution in [1.82, 2.24) is 4.90 Å². The summed E-state index contributed by atoms with van der Waals surface area (Å²) in [4.78, 5) is 13.4. The van der Waals surface area contributed by atoms with Crippen molar-refractivity contribution >= 4 is 5.97 Å². The Kier molecular flexibility index (Phi) is 4.14. The minimum Gasteiger partial charge on any atom is -0.481 e. The molecular formula is C12H23NO2. The first-order valence-corrected chi connectivity index (χ1v) is 5.90. The largest absolute Gasteiger partial charge is 0.481 e. The topological polar surface area (TPSA) is 40.5 Å². The van der Waals surface area contributed by atoms with E-state index < -0.39 is 5.97 Å². The molecule has 0 saturated carbocycles. The lowest BCUT2D eigenvalue weighted by molar-refractivity contribution is -0.147. The zero-order chi connectivity index (χ0) is 11.6. The standard InChI is InChI=1S/C12H23NO2/c1-5-11-10(12(14)15)6-9(8(2)3)7-13(11)4/h8-11H,5-7H2,1-4H3,(H,14,15). The molecule has 88 valence electrons. The summed E-state index contributed by atoms with van der Waals surface area (Å²) < 4.78 is 0.